The van der Waals surface area contributed by atoms with Crippen molar-refractivity contribution in [1.29, 1.82) is 0 Å². The largest absolute Gasteiger partial charge is 0.356 e. The van der Waals surface area contributed by atoms with E-state index in [0.717, 1.165) is 48.1 Å². The van der Waals surface area contributed by atoms with Crippen molar-refractivity contribution in [2.24, 2.45) is 5.92 Å². The summed E-state index contributed by atoms with van der Waals surface area (Å²) in [5.41, 5.74) is 4.10. The van der Waals surface area contributed by atoms with E-state index in [9.17, 15) is 9.18 Å². The summed E-state index contributed by atoms with van der Waals surface area (Å²) in [6.45, 7) is 0.688. The monoisotopic (exact) mass is 404 g/mol. The molecule has 0 bridgehead atoms. The summed E-state index contributed by atoms with van der Waals surface area (Å²) in [5, 5.41) is 3.04. The summed E-state index contributed by atoms with van der Waals surface area (Å²) in [5.74, 6) is 0.582. The molecular formula is C24H25FN4O. The first kappa shape index (κ1) is 20.1. The number of aromatic nitrogens is 3. The minimum atomic E-state index is -0.285. The third-order valence-electron chi connectivity index (χ3n) is 5.83. The lowest BCUT2D eigenvalue weighted by Gasteiger charge is -2.29. The molecule has 2 aromatic heterocycles. The zero-order valence-corrected chi connectivity index (χ0v) is 16.8. The number of nitrogens with zero attached hydrogens (tertiary/aromatic N) is 3. The molecule has 0 aliphatic heterocycles. The fourth-order valence-corrected chi connectivity index (χ4v) is 4.17. The summed E-state index contributed by atoms with van der Waals surface area (Å²) >= 11 is 0. The Morgan fingerprint density at radius 3 is 2.47 bits per heavy atom. The maximum Gasteiger partial charge on any atom is 0.224 e. The summed E-state index contributed by atoms with van der Waals surface area (Å²) in [6, 6.07) is 10.1. The number of benzene rings is 1. The topological polar surface area (TPSA) is 67.8 Å². The molecule has 6 heteroatoms. The van der Waals surface area contributed by atoms with Crippen LogP contribution in [-0.4, -0.2) is 27.4 Å². The minimum absolute atomic E-state index is 0.0143. The van der Waals surface area contributed by atoms with Crippen LogP contribution in [0.2, 0.25) is 0 Å². The molecule has 4 rings (SSSR count). The number of halogens is 1. The molecule has 154 valence electrons. The van der Waals surface area contributed by atoms with Crippen molar-refractivity contribution in [3.8, 4) is 11.1 Å². The number of hydrogen-bond donors (Lipinski definition) is 1. The molecule has 3 aromatic rings. The predicted octanol–water partition coefficient (Wildman–Crippen LogP) is 4.31. The number of amides is 1. The van der Waals surface area contributed by atoms with Gasteiger partial charge in [-0.25, -0.2) is 14.4 Å². The van der Waals surface area contributed by atoms with E-state index in [-0.39, 0.29) is 18.1 Å². The highest BCUT2D eigenvalue weighted by atomic mass is 19.1. The number of hydrogen-bond acceptors (Lipinski definition) is 4. The second-order valence-electron chi connectivity index (χ2n) is 7.88. The van der Waals surface area contributed by atoms with Crippen LogP contribution in [0.3, 0.4) is 0 Å². The lowest BCUT2D eigenvalue weighted by molar-refractivity contribution is -0.120. The van der Waals surface area contributed by atoms with E-state index >= 15 is 0 Å². The van der Waals surface area contributed by atoms with Gasteiger partial charge >= 0.3 is 0 Å². The van der Waals surface area contributed by atoms with Crippen LogP contribution in [0.1, 0.15) is 42.9 Å². The molecule has 0 unspecified atom stereocenters. The first-order chi connectivity index (χ1) is 14.7. The van der Waals surface area contributed by atoms with Gasteiger partial charge in [-0.2, -0.15) is 0 Å². The minimum Gasteiger partial charge on any atom is -0.356 e. The lowest BCUT2D eigenvalue weighted by Crippen LogP contribution is -2.32. The number of pyridine rings is 1. The van der Waals surface area contributed by atoms with Gasteiger partial charge in [0.15, 0.2) is 0 Å². The van der Waals surface area contributed by atoms with Crippen LogP contribution in [-0.2, 0) is 11.2 Å². The van der Waals surface area contributed by atoms with Gasteiger partial charge in [0.2, 0.25) is 5.91 Å². The highest BCUT2D eigenvalue weighted by Gasteiger charge is 2.25. The second kappa shape index (κ2) is 9.57. The Hall–Kier alpha value is -3.15. The zero-order chi connectivity index (χ0) is 20.8. The van der Waals surface area contributed by atoms with Crippen LogP contribution >= 0.6 is 0 Å². The highest BCUT2D eigenvalue weighted by molar-refractivity contribution is 5.78. The van der Waals surface area contributed by atoms with Crippen LogP contribution in [0.5, 0.6) is 0 Å². The maximum atomic E-state index is 13.0. The standard InChI is InChI=1S/C24H25FN4O/c25-21-7-3-17(4-8-21)13-23(30)28-14-18-1-5-20(6-2-18)24-22(15-27-16-29-24)19-9-11-26-12-10-19/h3-4,7-12,15-16,18,20H,1-2,5-6,13-14H2,(H,28,30). The van der Waals surface area contributed by atoms with Gasteiger partial charge in [0.1, 0.15) is 12.1 Å². The third kappa shape index (κ3) is 5.06. The van der Waals surface area contributed by atoms with Gasteiger partial charge in [0, 0.05) is 36.6 Å². The molecular weight excluding hydrogens is 379 g/mol. The molecule has 2 heterocycles. The molecule has 0 radical (unpaired) electrons. The Bertz CT molecular complexity index is 970. The molecule has 1 aliphatic carbocycles. The Labute approximate surface area is 175 Å². The molecule has 1 saturated carbocycles. The highest BCUT2D eigenvalue weighted by Crippen LogP contribution is 2.38. The maximum absolute atomic E-state index is 13.0. The first-order valence-electron chi connectivity index (χ1n) is 10.4. The van der Waals surface area contributed by atoms with E-state index in [1.165, 1.54) is 12.1 Å². The van der Waals surface area contributed by atoms with Crippen LogP contribution in [0.25, 0.3) is 11.1 Å². The summed E-state index contributed by atoms with van der Waals surface area (Å²) in [7, 11) is 0. The van der Waals surface area contributed by atoms with Crippen molar-refractivity contribution < 1.29 is 9.18 Å². The predicted molar refractivity (Wildman–Crippen MR) is 113 cm³/mol. The van der Waals surface area contributed by atoms with Gasteiger partial charge in [-0.15, -0.1) is 0 Å². The van der Waals surface area contributed by atoms with Crippen LogP contribution < -0.4 is 5.32 Å². The van der Waals surface area contributed by atoms with Gasteiger partial charge in [0.25, 0.3) is 0 Å². The first-order valence-corrected chi connectivity index (χ1v) is 10.4. The van der Waals surface area contributed by atoms with Crippen LogP contribution in [0.15, 0.2) is 61.3 Å². The van der Waals surface area contributed by atoms with Gasteiger partial charge in [0.05, 0.1) is 12.1 Å². The summed E-state index contributed by atoms with van der Waals surface area (Å²) in [4.78, 5) is 25.1. The SMILES string of the molecule is O=C(Cc1ccc(F)cc1)NCC1CCC(c2ncncc2-c2ccncc2)CC1. The molecule has 0 saturated heterocycles. The van der Waals surface area contributed by atoms with Gasteiger partial charge in [-0.3, -0.25) is 9.78 Å². The smallest absolute Gasteiger partial charge is 0.224 e. The molecule has 1 fully saturated rings. The van der Waals surface area contributed by atoms with Crippen molar-refractivity contribution >= 4 is 5.91 Å². The Morgan fingerprint density at radius 1 is 1.00 bits per heavy atom. The zero-order valence-electron chi connectivity index (χ0n) is 16.8. The fraction of sp³-hybridized carbons (Fsp3) is 0.333. The molecule has 30 heavy (non-hydrogen) atoms. The van der Waals surface area contributed by atoms with E-state index in [1.807, 2.05) is 18.3 Å². The molecule has 0 atom stereocenters. The molecule has 0 spiro atoms. The molecule has 5 nitrogen and oxygen atoms in total. The number of carbonyl (C=O) groups is 1. The van der Waals surface area contributed by atoms with E-state index < -0.39 is 0 Å². The fourth-order valence-electron chi connectivity index (χ4n) is 4.17. The van der Waals surface area contributed by atoms with Gasteiger partial charge in [-0.05, 0) is 67.0 Å². The van der Waals surface area contributed by atoms with Gasteiger partial charge in [-0.1, -0.05) is 12.1 Å². The Morgan fingerprint density at radius 2 is 1.73 bits per heavy atom. The second-order valence-corrected chi connectivity index (χ2v) is 7.88. The summed E-state index contributed by atoms with van der Waals surface area (Å²) < 4.78 is 13.0. The van der Waals surface area contributed by atoms with Crippen molar-refractivity contribution in [2.45, 2.75) is 38.0 Å². The molecule has 1 aliphatic rings. The van der Waals surface area contributed by atoms with Crippen molar-refractivity contribution in [3.05, 3.63) is 78.4 Å². The Balaban J connectivity index is 1.29. The number of carbonyl (C=O) groups excluding carboxylic acids is 1. The quantitative estimate of drug-likeness (QED) is 0.665. The average Bonchev–Trinajstić information content (AvgIpc) is 2.80. The van der Waals surface area contributed by atoms with Crippen molar-refractivity contribution in [1.82, 2.24) is 20.3 Å². The van der Waals surface area contributed by atoms with Crippen molar-refractivity contribution in [2.75, 3.05) is 6.54 Å². The molecule has 1 N–H and O–H groups in total. The van der Waals surface area contributed by atoms with Crippen LogP contribution in [0, 0.1) is 11.7 Å². The lowest BCUT2D eigenvalue weighted by atomic mass is 9.79. The van der Waals surface area contributed by atoms with E-state index in [1.54, 1.807) is 30.9 Å². The van der Waals surface area contributed by atoms with Crippen LogP contribution in [0.4, 0.5) is 4.39 Å². The normalized spacial score (nSPS) is 18.7. The molecule has 1 amide bonds. The Kier molecular flexibility index (Phi) is 6.42. The van der Waals surface area contributed by atoms with Gasteiger partial charge < -0.3 is 5.32 Å². The van der Waals surface area contributed by atoms with E-state index in [4.69, 9.17) is 0 Å². The van der Waals surface area contributed by atoms with Crippen molar-refractivity contribution in [3.63, 3.8) is 0 Å². The number of nitrogens with one attached hydrogen (secondary N) is 1. The van der Waals surface area contributed by atoms with E-state index in [0.29, 0.717) is 18.4 Å². The number of rotatable bonds is 6. The molecule has 1 aromatic carbocycles. The average molecular weight is 404 g/mol. The van der Waals surface area contributed by atoms with E-state index in [2.05, 4.69) is 20.3 Å². The summed E-state index contributed by atoms with van der Waals surface area (Å²) in [6.07, 6.45) is 11.6. The third-order valence-corrected chi connectivity index (χ3v) is 5.83.